The average molecular weight is 383 g/mol. The summed E-state index contributed by atoms with van der Waals surface area (Å²) < 4.78 is 0. The molecule has 1 fully saturated rings. The van der Waals surface area contributed by atoms with E-state index in [-0.39, 0.29) is 11.3 Å². The Balaban J connectivity index is 1.52. The second-order valence-corrected chi connectivity index (χ2v) is 7.30. The molecule has 1 saturated heterocycles. The molecule has 1 amide bonds. The molecule has 0 bridgehead atoms. The van der Waals surface area contributed by atoms with Crippen LogP contribution in [0.5, 0.6) is 0 Å². The van der Waals surface area contributed by atoms with Crippen LogP contribution in [0, 0.1) is 23.0 Å². The van der Waals surface area contributed by atoms with Gasteiger partial charge in [0.25, 0.3) is 11.6 Å². The van der Waals surface area contributed by atoms with Crippen LogP contribution in [0.2, 0.25) is 0 Å². The van der Waals surface area contributed by atoms with E-state index in [1.54, 1.807) is 0 Å². The van der Waals surface area contributed by atoms with E-state index in [2.05, 4.69) is 46.4 Å². The maximum Gasteiger partial charge on any atom is 0.288 e. The number of nitrogens with one attached hydrogen (secondary N) is 1. The van der Waals surface area contributed by atoms with Crippen molar-refractivity contribution >= 4 is 17.4 Å². The minimum Gasteiger partial charge on any atom is -0.369 e. The summed E-state index contributed by atoms with van der Waals surface area (Å²) in [6, 6.07) is 9.80. The highest BCUT2D eigenvalue weighted by atomic mass is 16.6. The number of nitrogens with two attached hydrogens (primary N) is 1. The number of rotatable bonds is 7. The van der Waals surface area contributed by atoms with Gasteiger partial charge >= 0.3 is 0 Å². The van der Waals surface area contributed by atoms with Crippen LogP contribution in [0.3, 0.4) is 0 Å². The molecule has 0 aliphatic carbocycles. The molecule has 1 aliphatic rings. The molecule has 1 aromatic heterocycles. The summed E-state index contributed by atoms with van der Waals surface area (Å²) in [5.41, 5.74) is 7.74. The zero-order valence-corrected chi connectivity index (χ0v) is 15.9. The van der Waals surface area contributed by atoms with Gasteiger partial charge in [0.05, 0.1) is 10.5 Å². The number of hydrogen-bond donors (Lipinski definition) is 2. The van der Waals surface area contributed by atoms with E-state index in [1.165, 1.54) is 17.2 Å². The van der Waals surface area contributed by atoms with Crippen molar-refractivity contribution in [3.05, 3.63) is 63.3 Å². The normalized spacial score (nSPS) is 15.3. The molecule has 148 valence electrons. The number of likely N-dealkylation sites (tertiary alicyclic amines) is 1. The fraction of sp³-hybridized carbons (Fsp3) is 0.400. The largest absolute Gasteiger partial charge is 0.369 e. The third-order valence-corrected chi connectivity index (χ3v) is 5.14. The number of nitrogens with zero attached hydrogens (tertiary/aromatic N) is 3. The summed E-state index contributed by atoms with van der Waals surface area (Å²) in [6.45, 7) is 5.72. The van der Waals surface area contributed by atoms with Crippen LogP contribution in [0.15, 0.2) is 36.5 Å². The van der Waals surface area contributed by atoms with Gasteiger partial charge in [-0.25, -0.2) is 4.98 Å². The van der Waals surface area contributed by atoms with Crippen LogP contribution in [-0.2, 0) is 6.54 Å². The zero-order valence-electron chi connectivity index (χ0n) is 15.9. The molecule has 28 heavy (non-hydrogen) atoms. The van der Waals surface area contributed by atoms with Gasteiger partial charge in [-0.05, 0) is 44.3 Å². The van der Waals surface area contributed by atoms with Crippen molar-refractivity contribution in [3.8, 4) is 0 Å². The number of anilines is 1. The van der Waals surface area contributed by atoms with Crippen LogP contribution in [0.1, 0.15) is 34.3 Å². The van der Waals surface area contributed by atoms with E-state index in [0.717, 1.165) is 38.7 Å². The Morgan fingerprint density at radius 1 is 1.32 bits per heavy atom. The van der Waals surface area contributed by atoms with Gasteiger partial charge in [0.15, 0.2) is 0 Å². The topological polar surface area (TPSA) is 114 Å². The first-order chi connectivity index (χ1) is 13.4. The van der Waals surface area contributed by atoms with Crippen molar-refractivity contribution in [1.29, 1.82) is 0 Å². The summed E-state index contributed by atoms with van der Waals surface area (Å²) in [5.74, 6) is 0.0267. The number of aromatic nitrogens is 1. The maximum atomic E-state index is 11.6. The van der Waals surface area contributed by atoms with E-state index in [4.69, 9.17) is 5.73 Å². The Bertz CT molecular complexity index is 845. The quantitative estimate of drug-likeness (QED) is 0.561. The lowest BCUT2D eigenvalue weighted by Crippen LogP contribution is -2.35. The molecule has 8 heteroatoms. The number of carbonyl (C=O) groups excluding carboxylic acids is 1. The van der Waals surface area contributed by atoms with Crippen LogP contribution in [-0.4, -0.2) is 40.3 Å². The molecule has 2 aromatic rings. The molecular formula is C20H25N5O3. The van der Waals surface area contributed by atoms with E-state index in [9.17, 15) is 14.9 Å². The van der Waals surface area contributed by atoms with Gasteiger partial charge in [-0.3, -0.25) is 19.8 Å². The van der Waals surface area contributed by atoms with Gasteiger partial charge in [-0.2, -0.15) is 0 Å². The summed E-state index contributed by atoms with van der Waals surface area (Å²) in [5, 5.41) is 14.0. The van der Waals surface area contributed by atoms with Crippen LogP contribution < -0.4 is 11.1 Å². The van der Waals surface area contributed by atoms with Crippen molar-refractivity contribution in [1.82, 2.24) is 9.88 Å². The number of amides is 1. The lowest BCUT2D eigenvalue weighted by atomic mass is 9.96. The van der Waals surface area contributed by atoms with Crippen molar-refractivity contribution in [2.45, 2.75) is 26.3 Å². The summed E-state index contributed by atoms with van der Waals surface area (Å²) in [4.78, 5) is 28.3. The summed E-state index contributed by atoms with van der Waals surface area (Å²) in [6.07, 6.45) is 3.22. The fourth-order valence-electron chi connectivity index (χ4n) is 3.42. The van der Waals surface area contributed by atoms with E-state index in [0.29, 0.717) is 18.3 Å². The Hall–Kier alpha value is -3.00. The maximum absolute atomic E-state index is 11.6. The standard InChI is InChI=1S/C20H25N5O3/c1-14-2-4-16(5-3-14)13-24-8-6-15(7-9-24)11-22-20-18(19(21)26)10-17(12-23-20)25(27)28/h2-5,10,12,15H,6-9,11,13H2,1H3,(H2,21,26)(H,22,23). The minimum absolute atomic E-state index is 0.0472. The minimum atomic E-state index is -0.730. The predicted molar refractivity (Wildman–Crippen MR) is 107 cm³/mol. The van der Waals surface area contributed by atoms with Crippen molar-refractivity contribution < 1.29 is 9.72 Å². The first-order valence-electron chi connectivity index (χ1n) is 9.38. The van der Waals surface area contributed by atoms with Gasteiger partial charge in [0, 0.05) is 19.2 Å². The lowest BCUT2D eigenvalue weighted by molar-refractivity contribution is -0.385. The monoisotopic (exact) mass is 383 g/mol. The highest BCUT2D eigenvalue weighted by Crippen LogP contribution is 2.22. The number of primary amides is 1. The molecule has 0 spiro atoms. The molecule has 8 nitrogen and oxygen atoms in total. The Morgan fingerprint density at radius 3 is 2.61 bits per heavy atom. The second-order valence-electron chi connectivity index (χ2n) is 7.30. The molecule has 2 heterocycles. The molecule has 0 radical (unpaired) electrons. The van der Waals surface area contributed by atoms with Gasteiger partial charge in [0.1, 0.15) is 12.0 Å². The zero-order chi connectivity index (χ0) is 20.1. The number of carbonyl (C=O) groups is 1. The summed E-state index contributed by atoms with van der Waals surface area (Å²) in [7, 11) is 0. The molecular weight excluding hydrogens is 358 g/mol. The highest BCUT2D eigenvalue weighted by molar-refractivity contribution is 5.98. The van der Waals surface area contributed by atoms with Crippen LogP contribution in [0.4, 0.5) is 11.5 Å². The Kier molecular flexibility index (Phi) is 6.20. The van der Waals surface area contributed by atoms with E-state index < -0.39 is 10.8 Å². The number of benzene rings is 1. The third-order valence-electron chi connectivity index (χ3n) is 5.14. The summed E-state index contributed by atoms with van der Waals surface area (Å²) >= 11 is 0. The van der Waals surface area contributed by atoms with Crippen molar-refractivity contribution in [2.75, 3.05) is 25.0 Å². The van der Waals surface area contributed by atoms with Crippen LogP contribution in [0.25, 0.3) is 0 Å². The second kappa shape index (κ2) is 8.79. The fourth-order valence-corrected chi connectivity index (χ4v) is 3.42. The molecule has 3 rings (SSSR count). The highest BCUT2D eigenvalue weighted by Gasteiger charge is 2.21. The first-order valence-corrected chi connectivity index (χ1v) is 9.38. The van der Waals surface area contributed by atoms with Crippen molar-refractivity contribution in [3.63, 3.8) is 0 Å². The Morgan fingerprint density at radius 2 is 2.00 bits per heavy atom. The molecule has 0 saturated carbocycles. The molecule has 0 unspecified atom stereocenters. The number of nitro groups is 1. The average Bonchev–Trinajstić information content (AvgIpc) is 2.69. The predicted octanol–water partition coefficient (Wildman–Crippen LogP) is 2.72. The van der Waals surface area contributed by atoms with Gasteiger partial charge in [-0.1, -0.05) is 29.8 Å². The number of pyridine rings is 1. The number of aryl methyl sites for hydroxylation is 1. The van der Waals surface area contributed by atoms with Crippen molar-refractivity contribution in [2.24, 2.45) is 11.7 Å². The first kappa shape index (κ1) is 19.8. The number of piperidine rings is 1. The Labute approximate surface area is 163 Å². The van der Waals surface area contributed by atoms with Gasteiger partial charge < -0.3 is 11.1 Å². The van der Waals surface area contributed by atoms with Gasteiger partial charge in [0.2, 0.25) is 0 Å². The molecule has 0 atom stereocenters. The lowest BCUT2D eigenvalue weighted by Gasteiger charge is -2.32. The smallest absolute Gasteiger partial charge is 0.288 e. The van der Waals surface area contributed by atoms with E-state index >= 15 is 0 Å². The van der Waals surface area contributed by atoms with Crippen LogP contribution >= 0.6 is 0 Å². The molecule has 1 aliphatic heterocycles. The molecule has 3 N–H and O–H groups in total. The van der Waals surface area contributed by atoms with Gasteiger partial charge in [-0.15, -0.1) is 0 Å². The SMILES string of the molecule is Cc1ccc(CN2CCC(CNc3ncc([N+](=O)[O-])cc3C(N)=O)CC2)cc1. The molecule has 1 aromatic carbocycles. The third kappa shape index (κ3) is 5.04. The van der Waals surface area contributed by atoms with E-state index in [1.807, 2.05) is 0 Å². The number of hydrogen-bond acceptors (Lipinski definition) is 6.